The third kappa shape index (κ3) is 7.02. The van der Waals surface area contributed by atoms with E-state index in [-0.39, 0.29) is 41.9 Å². The average molecular weight is 401 g/mol. The maximum atomic E-state index is 12.4. The Morgan fingerprint density at radius 1 is 1.22 bits per heavy atom. The molecule has 0 atom stereocenters. The normalized spacial score (nSPS) is 15.2. The van der Waals surface area contributed by atoms with Crippen LogP contribution in [-0.4, -0.2) is 55.3 Å². The summed E-state index contributed by atoms with van der Waals surface area (Å²) < 4.78 is 36.4. The van der Waals surface area contributed by atoms with Crippen LogP contribution in [0.5, 0.6) is 11.5 Å². The molecular weight excluding hydrogens is 377 g/mol. The van der Waals surface area contributed by atoms with E-state index in [0.29, 0.717) is 0 Å². The first kappa shape index (κ1) is 21.5. The van der Waals surface area contributed by atoms with Gasteiger partial charge in [0.1, 0.15) is 11.5 Å². The summed E-state index contributed by atoms with van der Waals surface area (Å²) in [6.07, 6.45) is 4.60. The fraction of sp³-hybridized carbons (Fsp3) is 0.562. The Bertz CT molecular complexity index is 734. The highest BCUT2D eigenvalue weighted by atomic mass is 32.2. The van der Waals surface area contributed by atoms with Crippen molar-refractivity contribution in [2.24, 2.45) is 0 Å². The minimum absolute atomic E-state index is 0.00655. The third-order valence-electron chi connectivity index (χ3n) is 4.10. The predicted octanol–water partition coefficient (Wildman–Crippen LogP) is 0.188. The van der Waals surface area contributed by atoms with Crippen molar-refractivity contribution in [1.29, 1.82) is 0 Å². The molecule has 0 heterocycles. The van der Waals surface area contributed by atoms with Crippen LogP contribution in [0.2, 0.25) is 0 Å². The van der Waals surface area contributed by atoms with Gasteiger partial charge in [0.2, 0.25) is 10.0 Å². The van der Waals surface area contributed by atoms with Crippen molar-refractivity contribution < 1.29 is 37.8 Å². The SMILES string of the molecule is O=C(NS(=O)(=O)CCCO)c1ccc(OB(O)O)cc1OC1CCCCC1. The third-order valence-corrected chi connectivity index (χ3v) is 5.43. The highest BCUT2D eigenvalue weighted by Gasteiger charge is 2.23. The van der Waals surface area contributed by atoms with Gasteiger partial charge >= 0.3 is 7.32 Å². The lowest BCUT2D eigenvalue weighted by Gasteiger charge is -2.24. The highest BCUT2D eigenvalue weighted by Crippen LogP contribution is 2.30. The first-order chi connectivity index (χ1) is 12.8. The standard InChI is InChI=1S/C16H24BNO8S/c19-9-4-10-27(23,24)18-16(20)14-8-7-13(26-17(21)22)11-15(14)25-12-5-2-1-3-6-12/h7-8,11-12,19,21-22H,1-6,9-10H2,(H,18,20). The molecule has 1 aliphatic rings. The van der Waals surface area contributed by atoms with Crippen molar-refractivity contribution >= 4 is 23.3 Å². The molecule has 1 fully saturated rings. The molecule has 1 aromatic carbocycles. The van der Waals surface area contributed by atoms with Gasteiger partial charge in [-0.15, -0.1) is 0 Å². The zero-order chi connectivity index (χ0) is 19.9. The summed E-state index contributed by atoms with van der Waals surface area (Å²) in [5.74, 6) is -1.08. The maximum absolute atomic E-state index is 12.4. The number of aliphatic hydroxyl groups is 1. The van der Waals surface area contributed by atoms with E-state index in [2.05, 4.69) is 0 Å². The van der Waals surface area contributed by atoms with Gasteiger partial charge in [-0.1, -0.05) is 6.42 Å². The Labute approximate surface area is 158 Å². The van der Waals surface area contributed by atoms with Crippen LogP contribution in [0.1, 0.15) is 48.9 Å². The first-order valence-electron chi connectivity index (χ1n) is 8.80. The fourth-order valence-corrected chi connectivity index (χ4v) is 3.85. The summed E-state index contributed by atoms with van der Waals surface area (Å²) in [5, 5.41) is 26.6. The van der Waals surface area contributed by atoms with E-state index in [1.54, 1.807) is 0 Å². The summed E-state index contributed by atoms with van der Waals surface area (Å²) in [4.78, 5) is 12.4. The minimum atomic E-state index is -3.90. The van der Waals surface area contributed by atoms with Crippen molar-refractivity contribution in [3.05, 3.63) is 23.8 Å². The monoisotopic (exact) mass is 401 g/mol. The molecule has 11 heteroatoms. The number of nitrogens with one attached hydrogen (secondary N) is 1. The Morgan fingerprint density at radius 3 is 2.56 bits per heavy atom. The van der Waals surface area contributed by atoms with Gasteiger partial charge in [0.15, 0.2) is 0 Å². The lowest BCUT2D eigenvalue weighted by atomic mass is 9.97. The molecule has 0 bridgehead atoms. The van der Waals surface area contributed by atoms with E-state index in [4.69, 9.17) is 24.5 Å². The fourth-order valence-electron chi connectivity index (χ4n) is 2.85. The molecule has 9 nitrogen and oxygen atoms in total. The van der Waals surface area contributed by atoms with Gasteiger partial charge < -0.3 is 24.5 Å². The average Bonchev–Trinajstić information content (AvgIpc) is 2.60. The number of hydrogen-bond acceptors (Lipinski definition) is 8. The van der Waals surface area contributed by atoms with Crippen molar-refractivity contribution in [3.63, 3.8) is 0 Å². The van der Waals surface area contributed by atoms with E-state index >= 15 is 0 Å². The van der Waals surface area contributed by atoms with Crippen LogP contribution in [0.3, 0.4) is 0 Å². The molecule has 1 aromatic rings. The van der Waals surface area contributed by atoms with Crippen molar-refractivity contribution in [1.82, 2.24) is 4.72 Å². The molecular formula is C16H24BNO8S. The van der Waals surface area contributed by atoms with Crippen LogP contribution < -0.4 is 14.1 Å². The van der Waals surface area contributed by atoms with Crippen LogP contribution in [0, 0.1) is 0 Å². The molecule has 0 spiro atoms. The van der Waals surface area contributed by atoms with E-state index in [1.807, 2.05) is 4.72 Å². The number of carbonyl (C=O) groups is 1. The molecule has 0 aliphatic heterocycles. The topological polar surface area (TPSA) is 142 Å². The lowest BCUT2D eigenvalue weighted by molar-refractivity contribution is 0.0969. The zero-order valence-corrected chi connectivity index (χ0v) is 15.7. The number of rotatable bonds is 9. The van der Waals surface area contributed by atoms with Crippen molar-refractivity contribution in [2.45, 2.75) is 44.6 Å². The molecule has 27 heavy (non-hydrogen) atoms. The number of ether oxygens (including phenoxy) is 1. The molecule has 0 saturated heterocycles. The number of amides is 1. The van der Waals surface area contributed by atoms with Gasteiger partial charge in [0, 0.05) is 12.7 Å². The van der Waals surface area contributed by atoms with Crippen molar-refractivity contribution in [2.75, 3.05) is 12.4 Å². The van der Waals surface area contributed by atoms with Crippen LogP contribution in [0.15, 0.2) is 18.2 Å². The van der Waals surface area contributed by atoms with Crippen molar-refractivity contribution in [3.8, 4) is 11.5 Å². The summed E-state index contributed by atoms with van der Waals surface area (Å²) in [6.45, 7) is -0.305. The number of sulfonamides is 1. The van der Waals surface area contributed by atoms with Gasteiger partial charge in [0.05, 0.1) is 17.4 Å². The summed E-state index contributed by atoms with van der Waals surface area (Å²) in [5.41, 5.74) is -0.00655. The summed E-state index contributed by atoms with van der Waals surface area (Å²) >= 11 is 0. The largest absolute Gasteiger partial charge is 0.707 e. The quantitative estimate of drug-likeness (QED) is 0.430. The van der Waals surface area contributed by atoms with E-state index in [1.165, 1.54) is 18.2 Å². The van der Waals surface area contributed by atoms with Gasteiger partial charge in [-0.05, 0) is 44.2 Å². The maximum Gasteiger partial charge on any atom is 0.707 e. The molecule has 150 valence electrons. The Balaban J connectivity index is 2.22. The summed E-state index contributed by atoms with van der Waals surface area (Å²) in [6, 6.07) is 3.93. The Morgan fingerprint density at radius 2 is 1.93 bits per heavy atom. The van der Waals surface area contributed by atoms with Crippen LogP contribution in [-0.2, 0) is 10.0 Å². The Kier molecular flexibility index (Phi) is 7.90. The smallest absolute Gasteiger partial charge is 0.512 e. The number of aliphatic hydroxyl groups excluding tert-OH is 1. The predicted molar refractivity (Wildman–Crippen MR) is 97.7 cm³/mol. The van der Waals surface area contributed by atoms with Crippen LogP contribution in [0.25, 0.3) is 0 Å². The second-order valence-electron chi connectivity index (χ2n) is 6.31. The number of carbonyl (C=O) groups excluding carboxylic acids is 1. The molecule has 4 N–H and O–H groups in total. The van der Waals surface area contributed by atoms with E-state index < -0.39 is 23.3 Å². The second kappa shape index (κ2) is 9.93. The summed E-state index contributed by atoms with van der Waals surface area (Å²) in [7, 11) is -5.93. The Hall–Kier alpha value is -1.82. The van der Waals surface area contributed by atoms with Gasteiger partial charge in [-0.2, -0.15) is 0 Å². The van der Waals surface area contributed by atoms with Gasteiger partial charge in [-0.3, -0.25) is 4.79 Å². The number of hydrogen-bond donors (Lipinski definition) is 4. The van der Waals surface area contributed by atoms with Gasteiger partial charge in [-0.25, -0.2) is 13.1 Å². The molecule has 0 radical (unpaired) electrons. The number of benzene rings is 1. The van der Waals surface area contributed by atoms with Crippen LogP contribution >= 0.6 is 0 Å². The second-order valence-corrected chi connectivity index (χ2v) is 8.15. The highest BCUT2D eigenvalue weighted by molar-refractivity contribution is 7.90. The van der Waals surface area contributed by atoms with Gasteiger partial charge in [0.25, 0.3) is 5.91 Å². The first-order valence-corrected chi connectivity index (χ1v) is 10.4. The molecule has 0 unspecified atom stereocenters. The molecule has 1 saturated carbocycles. The van der Waals surface area contributed by atoms with E-state index in [9.17, 15) is 13.2 Å². The molecule has 1 amide bonds. The molecule has 0 aromatic heterocycles. The zero-order valence-electron chi connectivity index (χ0n) is 14.8. The molecule has 1 aliphatic carbocycles. The van der Waals surface area contributed by atoms with E-state index in [0.717, 1.165) is 32.1 Å². The lowest BCUT2D eigenvalue weighted by Crippen LogP contribution is -2.33. The molecule has 2 rings (SSSR count). The minimum Gasteiger partial charge on any atom is -0.512 e. The van der Waals surface area contributed by atoms with Crippen LogP contribution in [0.4, 0.5) is 0 Å².